The molecule has 1 fully saturated rings. The minimum absolute atomic E-state index is 0. The summed E-state index contributed by atoms with van der Waals surface area (Å²) < 4.78 is 5.45. The molecule has 3 N–H and O–H groups in total. The normalized spacial score (nSPS) is 18.5. The average Bonchev–Trinajstić information content (AvgIpc) is 2.92. The van der Waals surface area contributed by atoms with Crippen molar-refractivity contribution in [1.82, 2.24) is 5.32 Å². The second kappa shape index (κ2) is 8.61. The molecule has 2 rings (SSSR count). The number of benzene rings is 1. The van der Waals surface area contributed by atoms with Crippen LogP contribution < -0.4 is 20.7 Å². The van der Waals surface area contributed by atoms with Crippen LogP contribution in [0, 0.1) is 5.92 Å². The van der Waals surface area contributed by atoms with Crippen LogP contribution in [0.2, 0.25) is 0 Å². The van der Waals surface area contributed by atoms with E-state index in [2.05, 4.69) is 48.1 Å². The van der Waals surface area contributed by atoms with Gasteiger partial charge in [-0.3, -0.25) is 4.99 Å². The number of nitrogens with two attached hydrogens (primary N) is 1. The number of ether oxygens (including phenoxy) is 1. The minimum atomic E-state index is -0.0489. The maximum Gasteiger partial charge on any atom is 0.188 e. The predicted octanol–water partition coefficient (Wildman–Crippen LogP) is 2.84. The fraction of sp³-hybridized carbons (Fsp3) is 0.588. The zero-order valence-electron chi connectivity index (χ0n) is 14.5. The Bertz CT molecular complexity index is 528. The molecule has 1 aromatic carbocycles. The molecule has 0 spiro atoms. The van der Waals surface area contributed by atoms with E-state index in [1.165, 1.54) is 0 Å². The van der Waals surface area contributed by atoms with Gasteiger partial charge in [-0.1, -0.05) is 12.1 Å². The van der Waals surface area contributed by atoms with E-state index in [1.807, 2.05) is 12.1 Å². The standard InChI is InChI=1S/C17H28N4O.HI/c1-17(2,3)20-16(18)19-11-13-9-10-21(12-13)14-7-5-6-8-15(14)22-4;/h5-8,13H,9-12H2,1-4H3,(H3,18,19,20);1H. The number of methoxy groups -OCH3 is 1. The van der Waals surface area contributed by atoms with Crippen molar-refractivity contribution in [1.29, 1.82) is 0 Å². The Morgan fingerprint density at radius 2 is 2.09 bits per heavy atom. The Balaban J connectivity index is 0.00000264. The molecule has 5 nitrogen and oxygen atoms in total. The third kappa shape index (κ3) is 6.08. The van der Waals surface area contributed by atoms with Gasteiger partial charge in [0.2, 0.25) is 0 Å². The molecule has 0 aliphatic carbocycles. The van der Waals surface area contributed by atoms with Crippen molar-refractivity contribution in [3.63, 3.8) is 0 Å². The number of rotatable bonds is 4. The molecule has 1 heterocycles. The highest BCUT2D eigenvalue weighted by molar-refractivity contribution is 14.0. The number of nitrogens with one attached hydrogen (secondary N) is 1. The van der Waals surface area contributed by atoms with Gasteiger partial charge >= 0.3 is 0 Å². The number of hydrogen-bond donors (Lipinski definition) is 2. The maximum atomic E-state index is 5.93. The fourth-order valence-corrected chi connectivity index (χ4v) is 2.74. The Morgan fingerprint density at radius 1 is 1.39 bits per heavy atom. The number of nitrogens with zero attached hydrogens (tertiary/aromatic N) is 2. The van der Waals surface area contributed by atoms with Gasteiger partial charge in [-0.15, -0.1) is 24.0 Å². The van der Waals surface area contributed by atoms with Crippen molar-refractivity contribution >= 4 is 35.6 Å². The van der Waals surface area contributed by atoms with E-state index in [4.69, 9.17) is 10.5 Å². The Hall–Kier alpha value is -1.18. The summed E-state index contributed by atoms with van der Waals surface area (Å²) in [7, 11) is 1.72. The van der Waals surface area contributed by atoms with E-state index in [-0.39, 0.29) is 29.5 Å². The highest BCUT2D eigenvalue weighted by atomic mass is 127. The first-order valence-electron chi connectivity index (χ1n) is 7.85. The summed E-state index contributed by atoms with van der Waals surface area (Å²) in [6.07, 6.45) is 1.13. The first kappa shape index (κ1) is 19.9. The molecule has 1 aromatic rings. The molecular weight excluding hydrogens is 403 g/mol. The Morgan fingerprint density at radius 3 is 2.74 bits per heavy atom. The summed E-state index contributed by atoms with van der Waals surface area (Å²) in [5.41, 5.74) is 7.05. The maximum absolute atomic E-state index is 5.93. The summed E-state index contributed by atoms with van der Waals surface area (Å²) in [6.45, 7) is 9.03. The second-order valence-electron chi connectivity index (χ2n) is 6.87. The lowest BCUT2D eigenvalue weighted by atomic mass is 10.1. The summed E-state index contributed by atoms with van der Waals surface area (Å²) in [5, 5.41) is 3.20. The highest BCUT2D eigenvalue weighted by Gasteiger charge is 2.24. The fourth-order valence-electron chi connectivity index (χ4n) is 2.74. The van der Waals surface area contributed by atoms with Crippen LogP contribution in [0.15, 0.2) is 29.3 Å². The highest BCUT2D eigenvalue weighted by Crippen LogP contribution is 2.31. The molecule has 1 unspecified atom stereocenters. The van der Waals surface area contributed by atoms with Crippen LogP contribution in [-0.4, -0.2) is 38.2 Å². The number of aliphatic imine (C=N–C) groups is 1. The van der Waals surface area contributed by atoms with Crippen LogP contribution in [0.3, 0.4) is 0 Å². The predicted molar refractivity (Wildman–Crippen MR) is 108 cm³/mol. The zero-order valence-corrected chi connectivity index (χ0v) is 16.8. The Labute approximate surface area is 156 Å². The van der Waals surface area contributed by atoms with Gasteiger partial charge in [-0.05, 0) is 45.2 Å². The first-order valence-corrected chi connectivity index (χ1v) is 7.85. The lowest BCUT2D eigenvalue weighted by Gasteiger charge is -2.22. The van der Waals surface area contributed by atoms with Gasteiger partial charge in [0.15, 0.2) is 5.96 Å². The molecule has 0 amide bonds. The molecule has 130 valence electrons. The van der Waals surface area contributed by atoms with Crippen molar-refractivity contribution in [2.75, 3.05) is 31.6 Å². The summed E-state index contributed by atoms with van der Waals surface area (Å²) >= 11 is 0. The number of halogens is 1. The van der Waals surface area contributed by atoms with Crippen LogP contribution in [0.25, 0.3) is 0 Å². The molecule has 1 aliphatic rings. The lowest BCUT2D eigenvalue weighted by Crippen LogP contribution is -2.45. The van der Waals surface area contributed by atoms with Crippen molar-refractivity contribution in [3.8, 4) is 5.75 Å². The van der Waals surface area contributed by atoms with Crippen LogP contribution in [-0.2, 0) is 0 Å². The van der Waals surface area contributed by atoms with Crippen molar-refractivity contribution < 1.29 is 4.74 Å². The van der Waals surface area contributed by atoms with E-state index < -0.39 is 0 Å². The van der Waals surface area contributed by atoms with Crippen LogP contribution >= 0.6 is 24.0 Å². The van der Waals surface area contributed by atoms with Crippen molar-refractivity contribution in [2.45, 2.75) is 32.7 Å². The van der Waals surface area contributed by atoms with Crippen LogP contribution in [0.4, 0.5) is 5.69 Å². The van der Waals surface area contributed by atoms with Crippen LogP contribution in [0.5, 0.6) is 5.75 Å². The molecule has 1 atom stereocenters. The summed E-state index contributed by atoms with van der Waals surface area (Å²) in [5.74, 6) is 1.99. The number of anilines is 1. The number of hydrogen-bond acceptors (Lipinski definition) is 3. The van der Waals surface area contributed by atoms with E-state index in [0.717, 1.165) is 37.5 Å². The van der Waals surface area contributed by atoms with Gasteiger partial charge in [-0.25, -0.2) is 0 Å². The van der Waals surface area contributed by atoms with E-state index in [0.29, 0.717) is 11.9 Å². The molecule has 0 aromatic heterocycles. The topological polar surface area (TPSA) is 62.9 Å². The van der Waals surface area contributed by atoms with Gasteiger partial charge < -0.3 is 20.7 Å². The average molecular weight is 432 g/mol. The molecule has 1 aliphatic heterocycles. The van der Waals surface area contributed by atoms with E-state index >= 15 is 0 Å². The van der Waals surface area contributed by atoms with Gasteiger partial charge in [0.1, 0.15) is 5.75 Å². The van der Waals surface area contributed by atoms with Crippen molar-refractivity contribution in [2.24, 2.45) is 16.6 Å². The number of guanidine groups is 1. The molecular formula is C17H29IN4O. The summed E-state index contributed by atoms with van der Waals surface area (Å²) in [6, 6.07) is 8.17. The third-order valence-corrected chi connectivity index (χ3v) is 3.73. The van der Waals surface area contributed by atoms with Crippen molar-refractivity contribution in [3.05, 3.63) is 24.3 Å². The first-order chi connectivity index (χ1) is 10.4. The Kier molecular flexibility index (Phi) is 7.44. The zero-order chi connectivity index (χ0) is 16.2. The largest absolute Gasteiger partial charge is 0.495 e. The minimum Gasteiger partial charge on any atom is -0.495 e. The van der Waals surface area contributed by atoms with E-state index in [1.54, 1.807) is 7.11 Å². The van der Waals surface area contributed by atoms with Gasteiger partial charge in [-0.2, -0.15) is 0 Å². The lowest BCUT2D eigenvalue weighted by molar-refractivity contribution is 0.414. The quantitative estimate of drug-likeness (QED) is 0.437. The molecule has 0 radical (unpaired) electrons. The smallest absolute Gasteiger partial charge is 0.188 e. The monoisotopic (exact) mass is 432 g/mol. The molecule has 0 bridgehead atoms. The third-order valence-electron chi connectivity index (χ3n) is 3.73. The van der Waals surface area contributed by atoms with Crippen LogP contribution in [0.1, 0.15) is 27.2 Å². The van der Waals surface area contributed by atoms with Gasteiger partial charge in [0, 0.05) is 25.2 Å². The second-order valence-corrected chi connectivity index (χ2v) is 6.87. The molecule has 1 saturated heterocycles. The molecule has 0 saturated carbocycles. The van der Waals surface area contributed by atoms with Gasteiger partial charge in [0.25, 0.3) is 0 Å². The molecule has 6 heteroatoms. The number of para-hydroxylation sites is 2. The van der Waals surface area contributed by atoms with Gasteiger partial charge in [0.05, 0.1) is 12.8 Å². The summed E-state index contributed by atoms with van der Waals surface area (Å²) in [4.78, 5) is 6.86. The SMILES string of the molecule is COc1ccccc1N1CCC(CN=C(N)NC(C)(C)C)C1.I. The van der Waals surface area contributed by atoms with E-state index in [9.17, 15) is 0 Å². The molecule has 23 heavy (non-hydrogen) atoms.